The van der Waals surface area contributed by atoms with E-state index in [-0.39, 0.29) is 17.3 Å². The third-order valence-corrected chi connectivity index (χ3v) is 6.59. The van der Waals surface area contributed by atoms with E-state index < -0.39 is 15.4 Å². The number of carbonyl (C=O) groups is 1. The minimum Gasteiger partial charge on any atom is -0.377 e. The van der Waals surface area contributed by atoms with Crippen LogP contribution >= 0.6 is 0 Å². The number of rotatable bonds is 7. The molecule has 0 aliphatic heterocycles. The summed E-state index contributed by atoms with van der Waals surface area (Å²) in [7, 11) is 0.0218. The van der Waals surface area contributed by atoms with Gasteiger partial charge in [-0.1, -0.05) is 24.3 Å². The molecule has 0 heterocycles. The lowest BCUT2D eigenvalue weighted by molar-refractivity contribution is -0.123. The maximum Gasteiger partial charge on any atom is 0.262 e. The smallest absolute Gasteiger partial charge is 0.262 e. The molecule has 0 bridgehead atoms. The number of nitrogens with one attached hydrogen (secondary N) is 2. The van der Waals surface area contributed by atoms with E-state index in [9.17, 15) is 13.2 Å². The fourth-order valence-corrected chi connectivity index (χ4v) is 4.40. The summed E-state index contributed by atoms with van der Waals surface area (Å²) in [5.74, 6) is -0.198. The third kappa shape index (κ3) is 4.81. The van der Waals surface area contributed by atoms with Gasteiger partial charge >= 0.3 is 0 Å². The standard InChI is InChI=1S/C23H28N4O3S/c1-23(2,15-24)22(28)25-16-11-13-17(14-12-16)26-31(29,30)21-10-6-7-18-19(21)8-5-9-20(18)27(3)4/h5-14,26H,15,24H2,1-4H3,(H,25,28). The van der Waals surface area contributed by atoms with Gasteiger partial charge in [-0.2, -0.15) is 0 Å². The lowest BCUT2D eigenvalue weighted by Gasteiger charge is -2.21. The number of carbonyl (C=O) groups excluding carboxylic acids is 1. The topological polar surface area (TPSA) is 105 Å². The minimum absolute atomic E-state index is 0.198. The third-order valence-electron chi connectivity index (χ3n) is 5.15. The van der Waals surface area contributed by atoms with E-state index in [2.05, 4.69) is 10.0 Å². The first kappa shape index (κ1) is 22.6. The van der Waals surface area contributed by atoms with Crippen molar-refractivity contribution in [1.82, 2.24) is 0 Å². The highest BCUT2D eigenvalue weighted by Crippen LogP contribution is 2.31. The first-order valence-electron chi connectivity index (χ1n) is 9.88. The lowest BCUT2D eigenvalue weighted by atomic mass is 9.92. The van der Waals surface area contributed by atoms with Crippen LogP contribution in [0.15, 0.2) is 65.6 Å². The van der Waals surface area contributed by atoms with Gasteiger partial charge in [0.2, 0.25) is 5.91 Å². The molecule has 4 N–H and O–H groups in total. The Balaban J connectivity index is 1.86. The fourth-order valence-electron chi connectivity index (χ4n) is 3.11. The number of hydrogen-bond donors (Lipinski definition) is 3. The Labute approximate surface area is 183 Å². The van der Waals surface area contributed by atoms with Gasteiger partial charge in [-0.05, 0) is 50.2 Å². The second kappa shape index (κ2) is 8.56. The number of anilines is 3. The van der Waals surface area contributed by atoms with Crippen molar-refractivity contribution in [2.24, 2.45) is 11.1 Å². The van der Waals surface area contributed by atoms with E-state index >= 15 is 0 Å². The number of nitrogens with two attached hydrogens (primary N) is 1. The zero-order chi connectivity index (χ0) is 22.8. The fraction of sp³-hybridized carbons (Fsp3) is 0.261. The molecule has 3 aromatic carbocycles. The molecular formula is C23H28N4O3S. The van der Waals surface area contributed by atoms with Crippen molar-refractivity contribution in [2.45, 2.75) is 18.7 Å². The van der Waals surface area contributed by atoms with Crippen molar-refractivity contribution in [2.75, 3.05) is 35.6 Å². The molecule has 3 aromatic rings. The average Bonchev–Trinajstić information content (AvgIpc) is 2.73. The summed E-state index contributed by atoms with van der Waals surface area (Å²) in [6.45, 7) is 3.74. The normalized spacial score (nSPS) is 11.9. The summed E-state index contributed by atoms with van der Waals surface area (Å²) in [6.07, 6.45) is 0. The number of amides is 1. The summed E-state index contributed by atoms with van der Waals surface area (Å²) in [5, 5.41) is 4.30. The molecule has 164 valence electrons. The van der Waals surface area contributed by atoms with Crippen LogP contribution in [0.2, 0.25) is 0 Å². The molecule has 1 amide bonds. The first-order valence-corrected chi connectivity index (χ1v) is 11.4. The highest BCUT2D eigenvalue weighted by Gasteiger charge is 2.25. The zero-order valence-electron chi connectivity index (χ0n) is 18.1. The van der Waals surface area contributed by atoms with Crippen LogP contribution in [-0.4, -0.2) is 35.0 Å². The van der Waals surface area contributed by atoms with Crippen molar-refractivity contribution in [3.63, 3.8) is 0 Å². The molecule has 31 heavy (non-hydrogen) atoms. The molecule has 0 atom stereocenters. The van der Waals surface area contributed by atoms with Gasteiger partial charge in [-0.25, -0.2) is 8.42 Å². The molecule has 0 aliphatic carbocycles. The minimum atomic E-state index is -3.82. The summed E-state index contributed by atoms with van der Waals surface area (Å²) < 4.78 is 28.9. The molecule has 0 spiro atoms. The molecule has 3 rings (SSSR count). The molecule has 0 fully saturated rings. The van der Waals surface area contributed by atoms with Gasteiger partial charge in [-0.15, -0.1) is 0 Å². The van der Waals surface area contributed by atoms with Crippen LogP contribution in [0.3, 0.4) is 0 Å². The van der Waals surface area contributed by atoms with Crippen LogP contribution < -0.4 is 20.7 Å². The summed E-state index contributed by atoms with van der Waals surface area (Å²) in [5.41, 5.74) is 6.85. The number of nitrogens with zero attached hydrogens (tertiary/aromatic N) is 1. The van der Waals surface area contributed by atoms with Crippen LogP contribution in [0, 0.1) is 5.41 Å². The second-order valence-electron chi connectivity index (χ2n) is 8.25. The van der Waals surface area contributed by atoms with E-state index in [1.807, 2.05) is 37.2 Å². The van der Waals surface area contributed by atoms with Gasteiger partial charge in [0.15, 0.2) is 0 Å². The Morgan fingerprint density at radius 3 is 2.13 bits per heavy atom. The van der Waals surface area contributed by atoms with Crippen molar-refractivity contribution in [3.8, 4) is 0 Å². The summed E-state index contributed by atoms with van der Waals surface area (Å²) >= 11 is 0. The number of benzene rings is 3. The number of hydrogen-bond acceptors (Lipinski definition) is 5. The quantitative estimate of drug-likeness (QED) is 0.520. The number of fused-ring (bicyclic) bond motifs is 1. The predicted molar refractivity (Wildman–Crippen MR) is 127 cm³/mol. The van der Waals surface area contributed by atoms with Crippen molar-refractivity contribution in [3.05, 3.63) is 60.7 Å². The molecule has 0 saturated carbocycles. The van der Waals surface area contributed by atoms with E-state index in [0.717, 1.165) is 11.1 Å². The van der Waals surface area contributed by atoms with Crippen LogP contribution in [0.4, 0.5) is 17.1 Å². The summed E-state index contributed by atoms with van der Waals surface area (Å²) in [4.78, 5) is 14.4. The largest absolute Gasteiger partial charge is 0.377 e. The van der Waals surface area contributed by atoms with Gasteiger partial charge in [0.05, 0.1) is 10.3 Å². The Morgan fingerprint density at radius 1 is 0.935 bits per heavy atom. The molecule has 0 saturated heterocycles. The maximum atomic E-state index is 13.1. The summed E-state index contributed by atoms with van der Waals surface area (Å²) in [6, 6.07) is 17.3. The van der Waals surface area contributed by atoms with Crippen molar-refractivity contribution < 1.29 is 13.2 Å². The van der Waals surface area contributed by atoms with Gasteiger partial charge in [0.25, 0.3) is 10.0 Å². The molecule has 0 radical (unpaired) electrons. The number of sulfonamides is 1. The molecular weight excluding hydrogens is 412 g/mol. The van der Waals surface area contributed by atoms with Crippen LogP contribution in [0.25, 0.3) is 10.8 Å². The second-order valence-corrected chi connectivity index (χ2v) is 9.90. The van der Waals surface area contributed by atoms with Crippen LogP contribution in [-0.2, 0) is 14.8 Å². The molecule has 0 aromatic heterocycles. The SMILES string of the molecule is CN(C)c1cccc2c(S(=O)(=O)Nc3ccc(NC(=O)C(C)(C)CN)cc3)cccc12. The molecule has 7 nitrogen and oxygen atoms in total. The van der Waals surface area contributed by atoms with Crippen molar-refractivity contribution >= 4 is 43.8 Å². The van der Waals surface area contributed by atoms with Gasteiger partial charge in [0, 0.05) is 48.5 Å². The Hall–Kier alpha value is -3.10. The highest BCUT2D eigenvalue weighted by molar-refractivity contribution is 7.93. The van der Waals surface area contributed by atoms with Gasteiger partial charge < -0.3 is 16.0 Å². The van der Waals surface area contributed by atoms with Gasteiger partial charge in [-0.3, -0.25) is 9.52 Å². The van der Waals surface area contributed by atoms with Gasteiger partial charge in [0.1, 0.15) is 0 Å². The highest BCUT2D eigenvalue weighted by atomic mass is 32.2. The van der Waals surface area contributed by atoms with Crippen molar-refractivity contribution in [1.29, 1.82) is 0 Å². The zero-order valence-corrected chi connectivity index (χ0v) is 19.0. The Bertz CT molecular complexity index is 1200. The Kier molecular flexibility index (Phi) is 6.24. The predicted octanol–water partition coefficient (Wildman–Crippen LogP) is 3.63. The molecule has 0 unspecified atom stereocenters. The van der Waals surface area contributed by atoms with E-state index in [1.54, 1.807) is 56.3 Å². The Morgan fingerprint density at radius 2 is 1.52 bits per heavy atom. The van der Waals surface area contributed by atoms with Crippen LogP contribution in [0.5, 0.6) is 0 Å². The van der Waals surface area contributed by atoms with Crippen LogP contribution in [0.1, 0.15) is 13.8 Å². The lowest BCUT2D eigenvalue weighted by Crippen LogP contribution is -2.37. The van der Waals surface area contributed by atoms with E-state index in [0.29, 0.717) is 16.8 Å². The molecule has 0 aliphatic rings. The maximum absolute atomic E-state index is 13.1. The van der Waals surface area contributed by atoms with E-state index in [1.165, 1.54) is 0 Å². The monoisotopic (exact) mass is 440 g/mol. The molecule has 8 heteroatoms. The average molecular weight is 441 g/mol. The first-order chi connectivity index (χ1) is 14.5. The van der Waals surface area contributed by atoms with E-state index in [4.69, 9.17) is 5.73 Å².